The molecule has 0 spiro atoms. The number of nitriles is 1. The van der Waals surface area contributed by atoms with Crippen LogP contribution in [0.3, 0.4) is 0 Å². The quantitative estimate of drug-likeness (QED) is 0.743. The summed E-state index contributed by atoms with van der Waals surface area (Å²) < 4.78 is 7.45. The number of ether oxygens (including phenoxy) is 1. The molecule has 1 aliphatic rings. The molecule has 0 radical (unpaired) electrons. The van der Waals surface area contributed by atoms with Gasteiger partial charge < -0.3 is 15.8 Å². The molecule has 27 heavy (non-hydrogen) atoms. The molecular weight excluding hydrogens is 338 g/mol. The summed E-state index contributed by atoms with van der Waals surface area (Å²) >= 11 is 0. The number of benzene rings is 2. The van der Waals surface area contributed by atoms with E-state index in [0.29, 0.717) is 11.4 Å². The van der Waals surface area contributed by atoms with Crippen molar-refractivity contribution in [2.45, 2.75) is 18.8 Å². The van der Waals surface area contributed by atoms with Gasteiger partial charge in [-0.05, 0) is 55.8 Å². The molecule has 3 N–H and O–H groups in total. The van der Waals surface area contributed by atoms with Crippen LogP contribution < -0.4 is 15.8 Å². The van der Waals surface area contributed by atoms with E-state index in [1.807, 2.05) is 54.6 Å². The zero-order chi connectivity index (χ0) is 18.6. The molecular formula is C21H21N5O. The highest BCUT2D eigenvalue weighted by Gasteiger charge is 2.25. The minimum Gasteiger partial charge on any atom is -0.457 e. The van der Waals surface area contributed by atoms with Gasteiger partial charge in [-0.3, -0.25) is 0 Å². The van der Waals surface area contributed by atoms with Gasteiger partial charge in [-0.15, -0.1) is 0 Å². The fraction of sp³-hybridized carbons (Fsp3) is 0.238. The molecule has 2 heterocycles. The molecule has 1 saturated heterocycles. The van der Waals surface area contributed by atoms with Crippen molar-refractivity contribution in [3.05, 3.63) is 66.0 Å². The molecule has 3 aromatic rings. The summed E-state index contributed by atoms with van der Waals surface area (Å²) in [5, 5.41) is 17.6. The number of hydrogen-bond acceptors (Lipinski definition) is 5. The van der Waals surface area contributed by atoms with Gasteiger partial charge in [0.15, 0.2) is 5.69 Å². The largest absolute Gasteiger partial charge is 0.457 e. The van der Waals surface area contributed by atoms with Gasteiger partial charge >= 0.3 is 0 Å². The summed E-state index contributed by atoms with van der Waals surface area (Å²) in [5.41, 5.74) is 8.72. The van der Waals surface area contributed by atoms with E-state index < -0.39 is 0 Å². The number of anilines is 1. The van der Waals surface area contributed by atoms with E-state index in [1.165, 1.54) is 0 Å². The van der Waals surface area contributed by atoms with Gasteiger partial charge in [0.25, 0.3) is 0 Å². The highest BCUT2D eigenvalue weighted by molar-refractivity contribution is 5.58. The lowest BCUT2D eigenvalue weighted by Gasteiger charge is -2.21. The van der Waals surface area contributed by atoms with Gasteiger partial charge in [0.2, 0.25) is 0 Å². The lowest BCUT2D eigenvalue weighted by molar-refractivity contribution is 0.453. The molecule has 4 rings (SSSR count). The van der Waals surface area contributed by atoms with E-state index in [-0.39, 0.29) is 5.92 Å². The number of nitrogens with two attached hydrogens (primary N) is 1. The molecule has 1 fully saturated rings. The van der Waals surface area contributed by atoms with Crippen molar-refractivity contribution < 1.29 is 4.74 Å². The maximum absolute atomic E-state index is 9.59. The second-order valence-corrected chi connectivity index (χ2v) is 6.62. The third-order valence-electron chi connectivity index (χ3n) is 4.80. The Labute approximate surface area is 158 Å². The Hall–Kier alpha value is -3.30. The summed E-state index contributed by atoms with van der Waals surface area (Å²) in [6.45, 7) is 1.86. The predicted molar refractivity (Wildman–Crippen MR) is 104 cm³/mol. The standard InChI is InChI=1S/C21H21N5O/c22-13-19-20(23)21(15-5-4-12-24-14-15)25-26(19)16-8-10-18(11-9-16)27-17-6-2-1-3-7-17/h1-3,6-11,15,24H,4-5,12,14,23H2. The molecule has 1 aliphatic heterocycles. The van der Waals surface area contributed by atoms with Crippen molar-refractivity contribution in [1.29, 1.82) is 5.26 Å². The Kier molecular flexibility index (Phi) is 4.77. The van der Waals surface area contributed by atoms with Crippen molar-refractivity contribution in [2.75, 3.05) is 18.8 Å². The second-order valence-electron chi connectivity index (χ2n) is 6.62. The summed E-state index contributed by atoms with van der Waals surface area (Å²) in [5.74, 6) is 1.74. The zero-order valence-electron chi connectivity index (χ0n) is 14.9. The highest BCUT2D eigenvalue weighted by Crippen LogP contribution is 2.31. The van der Waals surface area contributed by atoms with E-state index in [1.54, 1.807) is 4.68 Å². The monoisotopic (exact) mass is 359 g/mol. The second kappa shape index (κ2) is 7.52. The van der Waals surface area contributed by atoms with Gasteiger partial charge in [0, 0.05) is 12.5 Å². The number of piperidine rings is 1. The Balaban J connectivity index is 1.62. The Bertz CT molecular complexity index is 951. The normalized spacial score (nSPS) is 16.6. The lowest BCUT2D eigenvalue weighted by atomic mass is 9.95. The Morgan fingerprint density at radius 3 is 2.52 bits per heavy atom. The van der Waals surface area contributed by atoms with E-state index in [4.69, 9.17) is 10.5 Å². The van der Waals surface area contributed by atoms with E-state index in [0.717, 1.165) is 48.8 Å². The van der Waals surface area contributed by atoms with Crippen molar-refractivity contribution in [3.63, 3.8) is 0 Å². The van der Waals surface area contributed by atoms with Crippen LogP contribution in [0.2, 0.25) is 0 Å². The average Bonchev–Trinajstić information content (AvgIpc) is 3.06. The number of para-hydroxylation sites is 1. The van der Waals surface area contributed by atoms with E-state index in [2.05, 4.69) is 16.5 Å². The van der Waals surface area contributed by atoms with Crippen molar-refractivity contribution in [2.24, 2.45) is 0 Å². The van der Waals surface area contributed by atoms with Crippen LogP contribution in [-0.4, -0.2) is 22.9 Å². The lowest BCUT2D eigenvalue weighted by Crippen LogP contribution is -2.29. The first-order valence-electron chi connectivity index (χ1n) is 9.09. The van der Waals surface area contributed by atoms with Crippen LogP contribution in [0.5, 0.6) is 11.5 Å². The summed E-state index contributed by atoms with van der Waals surface area (Å²) in [4.78, 5) is 0. The van der Waals surface area contributed by atoms with Crippen molar-refractivity contribution in [3.8, 4) is 23.3 Å². The molecule has 1 atom stereocenters. The SMILES string of the molecule is N#Cc1c(N)c(C2CCCNC2)nn1-c1ccc(Oc2ccccc2)cc1. The molecule has 136 valence electrons. The minimum absolute atomic E-state index is 0.243. The third-order valence-corrected chi connectivity index (χ3v) is 4.80. The maximum Gasteiger partial charge on any atom is 0.167 e. The fourth-order valence-corrected chi connectivity index (χ4v) is 3.41. The molecule has 0 amide bonds. The number of nitrogens with one attached hydrogen (secondary N) is 1. The van der Waals surface area contributed by atoms with Crippen LogP contribution in [0.4, 0.5) is 5.69 Å². The van der Waals surface area contributed by atoms with Crippen LogP contribution in [0.1, 0.15) is 30.1 Å². The van der Waals surface area contributed by atoms with E-state index in [9.17, 15) is 5.26 Å². The molecule has 6 nitrogen and oxygen atoms in total. The van der Waals surface area contributed by atoms with Crippen LogP contribution in [0, 0.1) is 11.3 Å². The third kappa shape index (κ3) is 3.50. The molecule has 0 saturated carbocycles. The highest BCUT2D eigenvalue weighted by atomic mass is 16.5. The molecule has 2 aromatic carbocycles. The average molecular weight is 359 g/mol. The smallest absolute Gasteiger partial charge is 0.167 e. The number of rotatable bonds is 4. The molecule has 0 aliphatic carbocycles. The van der Waals surface area contributed by atoms with Gasteiger partial charge in [0.1, 0.15) is 17.6 Å². The van der Waals surface area contributed by atoms with Crippen LogP contribution >= 0.6 is 0 Å². The van der Waals surface area contributed by atoms with E-state index >= 15 is 0 Å². The summed E-state index contributed by atoms with van der Waals surface area (Å²) in [6, 6.07) is 19.3. The molecule has 6 heteroatoms. The molecule has 1 unspecified atom stereocenters. The van der Waals surface area contributed by atoms with Crippen LogP contribution in [-0.2, 0) is 0 Å². The first-order valence-corrected chi connectivity index (χ1v) is 9.09. The number of nitrogens with zero attached hydrogens (tertiary/aromatic N) is 3. The predicted octanol–water partition coefficient (Wildman–Crippen LogP) is 3.59. The van der Waals surface area contributed by atoms with Crippen LogP contribution in [0.25, 0.3) is 5.69 Å². The van der Waals surface area contributed by atoms with Gasteiger partial charge in [0.05, 0.1) is 17.1 Å². The first-order chi connectivity index (χ1) is 13.3. The van der Waals surface area contributed by atoms with Crippen molar-refractivity contribution in [1.82, 2.24) is 15.1 Å². The first kappa shape index (κ1) is 17.1. The van der Waals surface area contributed by atoms with Gasteiger partial charge in [-0.1, -0.05) is 18.2 Å². The van der Waals surface area contributed by atoms with Crippen LogP contribution in [0.15, 0.2) is 54.6 Å². The number of aromatic nitrogens is 2. The molecule has 0 bridgehead atoms. The maximum atomic E-state index is 9.59. The summed E-state index contributed by atoms with van der Waals surface area (Å²) in [7, 11) is 0. The Morgan fingerprint density at radius 2 is 1.85 bits per heavy atom. The van der Waals surface area contributed by atoms with Crippen molar-refractivity contribution >= 4 is 5.69 Å². The summed E-state index contributed by atoms with van der Waals surface area (Å²) in [6.07, 6.45) is 2.12. The number of nitrogen functional groups attached to an aromatic ring is 1. The minimum atomic E-state index is 0.243. The fourth-order valence-electron chi connectivity index (χ4n) is 3.41. The van der Waals surface area contributed by atoms with Gasteiger partial charge in [-0.2, -0.15) is 10.4 Å². The zero-order valence-corrected chi connectivity index (χ0v) is 14.9. The topological polar surface area (TPSA) is 88.9 Å². The van der Waals surface area contributed by atoms with Gasteiger partial charge in [-0.25, -0.2) is 4.68 Å². The number of hydrogen-bond donors (Lipinski definition) is 2. The molecule has 1 aromatic heterocycles. The Morgan fingerprint density at radius 1 is 1.11 bits per heavy atom.